The minimum Gasteiger partial charge on any atom is -0.357 e. The zero-order chi connectivity index (χ0) is 22.8. The number of benzene rings is 2. The van der Waals surface area contributed by atoms with Gasteiger partial charge in [0.1, 0.15) is 0 Å². The quantitative estimate of drug-likeness (QED) is 0.359. The first-order valence-electron chi connectivity index (χ1n) is 11.0. The Labute approximate surface area is 190 Å². The highest BCUT2D eigenvalue weighted by Crippen LogP contribution is 2.17. The number of aromatic nitrogens is 2. The molecule has 7 heteroatoms. The van der Waals surface area contributed by atoms with E-state index in [9.17, 15) is 4.79 Å². The van der Waals surface area contributed by atoms with Crippen LogP contribution in [0.3, 0.4) is 0 Å². The van der Waals surface area contributed by atoms with Crippen LogP contribution in [0.15, 0.2) is 65.7 Å². The molecule has 1 heterocycles. The summed E-state index contributed by atoms with van der Waals surface area (Å²) in [6.45, 7) is 7.99. The molecule has 0 saturated heterocycles. The number of nitrogens with zero attached hydrogens (tertiary/aromatic N) is 3. The number of amides is 1. The van der Waals surface area contributed by atoms with Crippen molar-refractivity contribution < 1.29 is 4.79 Å². The van der Waals surface area contributed by atoms with Crippen molar-refractivity contribution in [2.75, 3.05) is 19.6 Å². The summed E-state index contributed by atoms with van der Waals surface area (Å²) in [4.78, 5) is 16.9. The summed E-state index contributed by atoms with van der Waals surface area (Å²) in [6, 6.07) is 20.3. The summed E-state index contributed by atoms with van der Waals surface area (Å²) in [5.41, 5.74) is 5.33. The first-order valence-corrected chi connectivity index (χ1v) is 11.0. The molecular formula is C25H32N6O. The van der Waals surface area contributed by atoms with Gasteiger partial charge in [0, 0.05) is 18.8 Å². The summed E-state index contributed by atoms with van der Waals surface area (Å²) < 4.78 is 1.95. The minimum absolute atomic E-state index is 0.0606. The van der Waals surface area contributed by atoms with Gasteiger partial charge in [-0.1, -0.05) is 48.5 Å². The molecular weight excluding hydrogens is 400 g/mol. The van der Waals surface area contributed by atoms with Gasteiger partial charge in [-0.2, -0.15) is 5.10 Å². The second-order valence-corrected chi connectivity index (χ2v) is 7.60. The molecule has 0 fully saturated rings. The van der Waals surface area contributed by atoms with E-state index in [1.807, 2.05) is 61.9 Å². The molecule has 0 bridgehead atoms. The van der Waals surface area contributed by atoms with E-state index in [1.165, 1.54) is 5.56 Å². The zero-order valence-electron chi connectivity index (χ0n) is 19.1. The van der Waals surface area contributed by atoms with E-state index in [4.69, 9.17) is 0 Å². The van der Waals surface area contributed by atoms with Crippen molar-refractivity contribution in [3.63, 3.8) is 0 Å². The lowest BCUT2D eigenvalue weighted by molar-refractivity contribution is -0.119. The van der Waals surface area contributed by atoms with Crippen LogP contribution in [-0.4, -0.2) is 41.3 Å². The maximum absolute atomic E-state index is 12.2. The van der Waals surface area contributed by atoms with Crippen LogP contribution < -0.4 is 16.0 Å². The Kier molecular flexibility index (Phi) is 8.43. The van der Waals surface area contributed by atoms with Gasteiger partial charge < -0.3 is 16.0 Å². The molecule has 0 radical (unpaired) electrons. The third-order valence-corrected chi connectivity index (χ3v) is 4.98. The molecule has 168 valence electrons. The molecule has 1 aromatic heterocycles. The van der Waals surface area contributed by atoms with Gasteiger partial charge in [0.15, 0.2) is 5.96 Å². The summed E-state index contributed by atoms with van der Waals surface area (Å²) in [5.74, 6) is 0.545. The molecule has 0 atom stereocenters. The molecule has 1 amide bonds. The van der Waals surface area contributed by atoms with Crippen molar-refractivity contribution in [1.82, 2.24) is 25.7 Å². The Hall–Kier alpha value is -3.61. The van der Waals surface area contributed by atoms with Crippen LogP contribution in [0.25, 0.3) is 5.69 Å². The fourth-order valence-corrected chi connectivity index (χ4v) is 3.45. The number of nitrogens with one attached hydrogen (secondary N) is 3. The van der Waals surface area contributed by atoms with Gasteiger partial charge >= 0.3 is 0 Å². The highest BCUT2D eigenvalue weighted by atomic mass is 16.1. The standard InChI is InChI=1S/C25H32N6O/c1-4-26-25(29-18-24(32)27-15-14-21-10-6-5-7-11-21)28-17-22-12-8-9-13-23(22)31-20(3)16-19(2)30-31/h5-13,16H,4,14-15,17-18H2,1-3H3,(H,27,32)(H2,26,28,29). The Morgan fingerprint density at radius 1 is 1.00 bits per heavy atom. The van der Waals surface area contributed by atoms with Gasteiger partial charge in [-0.25, -0.2) is 9.67 Å². The maximum Gasteiger partial charge on any atom is 0.239 e. The van der Waals surface area contributed by atoms with Gasteiger partial charge in [-0.15, -0.1) is 0 Å². The summed E-state index contributed by atoms with van der Waals surface area (Å²) in [6.07, 6.45) is 0.809. The third-order valence-electron chi connectivity index (χ3n) is 4.98. The number of para-hydroxylation sites is 1. The van der Waals surface area contributed by atoms with Crippen molar-refractivity contribution >= 4 is 11.9 Å². The topological polar surface area (TPSA) is 83.3 Å². The number of aryl methyl sites for hydroxylation is 2. The zero-order valence-corrected chi connectivity index (χ0v) is 19.1. The molecule has 3 N–H and O–H groups in total. The highest BCUT2D eigenvalue weighted by Gasteiger charge is 2.09. The van der Waals surface area contributed by atoms with Crippen molar-refractivity contribution in [1.29, 1.82) is 0 Å². The average Bonchev–Trinajstić information content (AvgIpc) is 3.14. The monoisotopic (exact) mass is 432 g/mol. The smallest absolute Gasteiger partial charge is 0.239 e. The lowest BCUT2D eigenvalue weighted by Crippen LogP contribution is -2.43. The second-order valence-electron chi connectivity index (χ2n) is 7.60. The molecule has 3 aromatic rings. The normalized spacial score (nSPS) is 11.3. The van der Waals surface area contributed by atoms with Crippen molar-refractivity contribution in [2.45, 2.75) is 33.7 Å². The van der Waals surface area contributed by atoms with Gasteiger partial charge in [0.2, 0.25) is 5.91 Å². The first-order chi connectivity index (χ1) is 15.6. The number of hydrogen-bond acceptors (Lipinski definition) is 3. The number of guanidine groups is 1. The van der Waals surface area contributed by atoms with Gasteiger partial charge in [0.05, 0.1) is 24.5 Å². The van der Waals surface area contributed by atoms with Crippen LogP contribution >= 0.6 is 0 Å². The maximum atomic E-state index is 12.2. The molecule has 0 unspecified atom stereocenters. The molecule has 0 aliphatic heterocycles. The summed E-state index contributed by atoms with van der Waals surface area (Å²) in [5, 5.41) is 13.9. The SMILES string of the molecule is CCNC(=NCc1ccccc1-n1nc(C)cc1C)NCC(=O)NCCc1ccccc1. The lowest BCUT2D eigenvalue weighted by atomic mass is 10.1. The predicted molar refractivity (Wildman–Crippen MR) is 129 cm³/mol. The molecule has 32 heavy (non-hydrogen) atoms. The Morgan fingerprint density at radius 2 is 1.75 bits per heavy atom. The van der Waals surface area contributed by atoms with Crippen LogP contribution in [0.5, 0.6) is 0 Å². The van der Waals surface area contributed by atoms with E-state index in [0.717, 1.165) is 29.1 Å². The van der Waals surface area contributed by atoms with Crippen molar-refractivity contribution in [3.05, 3.63) is 83.2 Å². The average molecular weight is 433 g/mol. The van der Waals surface area contributed by atoms with Gasteiger partial charge in [0.25, 0.3) is 0 Å². The fourth-order valence-electron chi connectivity index (χ4n) is 3.45. The number of aliphatic imine (C=N–C) groups is 1. The minimum atomic E-state index is -0.0606. The van der Waals surface area contributed by atoms with E-state index >= 15 is 0 Å². The molecule has 0 spiro atoms. The number of rotatable bonds is 9. The Morgan fingerprint density at radius 3 is 2.47 bits per heavy atom. The molecule has 7 nitrogen and oxygen atoms in total. The molecule has 0 aliphatic rings. The molecule has 0 aliphatic carbocycles. The number of hydrogen-bond donors (Lipinski definition) is 3. The van der Waals surface area contributed by atoms with Crippen LogP contribution in [-0.2, 0) is 17.8 Å². The van der Waals surface area contributed by atoms with E-state index in [1.54, 1.807) is 0 Å². The second kappa shape index (κ2) is 11.7. The number of carbonyl (C=O) groups excluding carboxylic acids is 1. The van der Waals surface area contributed by atoms with Crippen molar-refractivity contribution in [2.24, 2.45) is 4.99 Å². The predicted octanol–water partition coefficient (Wildman–Crippen LogP) is 2.90. The molecule has 0 saturated carbocycles. The van der Waals surface area contributed by atoms with Gasteiger partial charge in [-0.3, -0.25) is 4.79 Å². The fraction of sp³-hybridized carbons (Fsp3) is 0.320. The summed E-state index contributed by atoms with van der Waals surface area (Å²) in [7, 11) is 0. The lowest BCUT2D eigenvalue weighted by Gasteiger charge is -2.13. The van der Waals surface area contributed by atoms with E-state index < -0.39 is 0 Å². The van der Waals surface area contributed by atoms with Crippen LogP contribution in [0.1, 0.15) is 29.4 Å². The third kappa shape index (κ3) is 6.70. The molecule has 3 rings (SSSR count). The van der Waals surface area contributed by atoms with Gasteiger partial charge in [-0.05, 0) is 50.5 Å². The van der Waals surface area contributed by atoms with Crippen LogP contribution in [0.4, 0.5) is 0 Å². The number of carbonyl (C=O) groups is 1. The van der Waals surface area contributed by atoms with Crippen LogP contribution in [0.2, 0.25) is 0 Å². The summed E-state index contributed by atoms with van der Waals surface area (Å²) >= 11 is 0. The van der Waals surface area contributed by atoms with E-state index in [0.29, 0.717) is 25.6 Å². The highest BCUT2D eigenvalue weighted by molar-refractivity contribution is 5.86. The largest absolute Gasteiger partial charge is 0.357 e. The van der Waals surface area contributed by atoms with E-state index in [-0.39, 0.29) is 12.5 Å². The Balaban J connectivity index is 1.57. The molecule has 2 aromatic carbocycles. The van der Waals surface area contributed by atoms with Crippen LogP contribution in [0, 0.1) is 13.8 Å². The van der Waals surface area contributed by atoms with E-state index in [2.05, 4.69) is 50.3 Å². The Bertz CT molecular complexity index is 1040. The van der Waals surface area contributed by atoms with Crippen molar-refractivity contribution in [3.8, 4) is 5.69 Å². The first kappa shape index (κ1) is 23.1.